The molecule has 1 unspecified atom stereocenters. The van der Waals surface area contributed by atoms with Crippen LogP contribution in [0.5, 0.6) is 0 Å². The third-order valence-corrected chi connectivity index (χ3v) is 3.29. The van der Waals surface area contributed by atoms with Gasteiger partial charge in [0.2, 0.25) is 5.91 Å². The summed E-state index contributed by atoms with van der Waals surface area (Å²) >= 11 is 0. The van der Waals surface area contributed by atoms with Gasteiger partial charge in [0.1, 0.15) is 0 Å². The van der Waals surface area contributed by atoms with Gasteiger partial charge in [-0.2, -0.15) is 0 Å². The number of aromatic nitrogens is 3. The normalized spacial score (nSPS) is 16.8. The van der Waals surface area contributed by atoms with E-state index in [-0.39, 0.29) is 23.6 Å². The smallest absolute Gasteiger partial charge is 0.358 e. The average Bonchev–Trinajstić information content (AvgIpc) is 2.76. The van der Waals surface area contributed by atoms with E-state index in [2.05, 4.69) is 10.3 Å². The maximum Gasteiger partial charge on any atom is 0.358 e. The van der Waals surface area contributed by atoms with Crippen molar-refractivity contribution in [3.05, 3.63) is 11.9 Å². The van der Waals surface area contributed by atoms with Crippen molar-refractivity contribution in [2.24, 2.45) is 5.92 Å². The first kappa shape index (κ1) is 14.4. The maximum absolute atomic E-state index is 11.9. The van der Waals surface area contributed by atoms with Crippen LogP contribution in [-0.2, 0) is 9.53 Å². The molecule has 1 aliphatic rings. The molecule has 0 aromatic carbocycles. The van der Waals surface area contributed by atoms with Crippen molar-refractivity contribution in [3.63, 3.8) is 0 Å². The highest BCUT2D eigenvalue weighted by molar-refractivity contribution is 5.84. The Morgan fingerprint density at radius 3 is 2.80 bits per heavy atom. The molecule has 8 heteroatoms. The predicted octanol–water partition coefficient (Wildman–Crippen LogP) is 0.0322. The van der Waals surface area contributed by atoms with E-state index in [1.165, 1.54) is 10.9 Å². The van der Waals surface area contributed by atoms with Gasteiger partial charge in [0.25, 0.3) is 0 Å². The number of nitrogens with zero attached hydrogens (tertiary/aromatic N) is 4. The largest absolute Gasteiger partial charge is 0.476 e. The molecule has 0 saturated carbocycles. The van der Waals surface area contributed by atoms with E-state index in [9.17, 15) is 9.59 Å². The van der Waals surface area contributed by atoms with Gasteiger partial charge in [-0.25, -0.2) is 9.48 Å². The van der Waals surface area contributed by atoms with Crippen LogP contribution in [0.4, 0.5) is 0 Å². The summed E-state index contributed by atoms with van der Waals surface area (Å²) in [6.07, 6.45) is 1.85. The Hall–Kier alpha value is -1.96. The zero-order chi connectivity index (χ0) is 14.7. The molecular formula is C12H18N4O4. The molecule has 0 aliphatic carbocycles. The first-order valence-corrected chi connectivity index (χ1v) is 6.43. The zero-order valence-electron chi connectivity index (χ0n) is 11.5. The van der Waals surface area contributed by atoms with Gasteiger partial charge < -0.3 is 14.7 Å². The molecule has 8 nitrogen and oxygen atoms in total. The second-order valence-corrected chi connectivity index (χ2v) is 5.11. The number of hydrogen-bond acceptors (Lipinski definition) is 5. The van der Waals surface area contributed by atoms with Gasteiger partial charge in [-0.3, -0.25) is 4.79 Å². The Kier molecular flexibility index (Phi) is 4.33. The number of carbonyl (C=O) groups excluding carboxylic acids is 1. The van der Waals surface area contributed by atoms with Gasteiger partial charge in [0, 0.05) is 33.2 Å². The molecule has 1 aromatic heterocycles. The maximum atomic E-state index is 11.9. The van der Waals surface area contributed by atoms with Crippen molar-refractivity contribution < 1.29 is 19.4 Å². The van der Waals surface area contributed by atoms with Crippen LogP contribution in [-0.4, -0.2) is 63.7 Å². The number of likely N-dealkylation sites (tertiary alicyclic amines) is 1. The van der Waals surface area contributed by atoms with Crippen LogP contribution < -0.4 is 0 Å². The van der Waals surface area contributed by atoms with E-state index < -0.39 is 5.97 Å². The van der Waals surface area contributed by atoms with Crippen molar-refractivity contribution >= 4 is 11.9 Å². The molecule has 1 aliphatic heterocycles. The number of rotatable bonds is 6. The second kappa shape index (κ2) is 6.00. The van der Waals surface area contributed by atoms with E-state index in [4.69, 9.17) is 9.84 Å². The van der Waals surface area contributed by atoms with Crippen molar-refractivity contribution in [2.45, 2.75) is 19.4 Å². The minimum absolute atomic E-state index is 0.0114. The molecule has 0 radical (unpaired) electrons. The van der Waals surface area contributed by atoms with E-state index in [1.54, 1.807) is 12.0 Å². The molecule has 1 aromatic rings. The topological polar surface area (TPSA) is 97.5 Å². The number of aromatic carboxylic acids is 1. The summed E-state index contributed by atoms with van der Waals surface area (Å²) in [5.41, 5.74) is -0.0801. The van der Waals surface area contributed by atoms with Gasteiger partial charge >= 0.3 is 5.97 Å². The van der Waals surface area contributed by atoms with Crippen molar-refractivity contribution in [3.8, 4) is 0 Å². The summed E-state index contributed by atoms with van der Waals surface area (Å²) in [7, 11) is 1.62. The lowest BCUT2D eigenvalue weighted by Gasteiger charge is -2.39. The average molecular weight is 282 g/mol. The molecule has 110 valence electrons. The van der Waals surface area contributed by atoms with Crippen LogP contribution in [0.1, 0.15) is 29.9 Å². The SMILES string of the molecule is COCC(C)CC(=O)N1CC(n2cc(C(=O)O)nn2)C1. The van der Waals surface area contributed by atoms with Gasteiger partial charge in [-0.15, -0.1) is 5.10 Å². The Balaban J connectivity index is 1.81. The fourth-order valence-corrected chi connectivity index (χ4v) is 2.15. The first-order valence-electron chi connectivity index (χ1n) is 6.43. The number of amides is 1. The lowest BCUT2D eigenvalue weighted by atomic mass is 10.0. The molecule has 1 saturated heterocycles. The lowest BCUT2D eigenvalue weighted by Crippen LogP contribution is -2.51. The zero-order valence-corrected chi connectivity index (χ0v) is 11.5. The van der Waals surface area contributed by atoms with Crippen LogP contribution >= 0.6 is 0 Å². The van der Waals surface area contributed by atoms with Crippen LogP contribution in [0.2, 0.25) is 0 Å². The highest BCUT2D eigenvalue weighted by Gasteiger charge is 2.33. The molecular weight excluding hydrogens is 264 g/mol. The lowest BCUT2D eigenvalue weighted by molar-refractivity contribution is -0.138. The standard InChI is InChI=1S/C12H18N4O4/c1-8(7-20-2)3-11(17)15-4-9(5-15)16-6-10(12(18)19)13-14-16/h6,8-9H,3-5,7H2,1-2H3,(H,18,19). The summed E-state index contributed by atoms with van der Waals surface area (Å²) in [6, 6.07) is 0.0114. The molecule has 20 heavy (non-hydrogen) atoms. The highest BCUT2D eigenvalue weighted by atomic mass is 16.5. The van der Waals surface area contributed by atoms with Gasteiger partial charge in [0.15, 0.2) is 5.69 Å². The van der Waals surface area contributed by atoms with Crippen LogP contribution in [0, 0.1) is 5.92 Å². The van der Waals surface area contributed by atoms with E-state index in [0.717, 1.165) is 0 Å². The number of carboxylic acids is 1. The summed E-state index contributed by atoms with van der Waals surface area (Å²) in [5, 5.41) is 16.1. The summed E-state index contributed by atoms with van der Waals surface area (Å²) < 4.78 is 6.51. The van der Waals surface area contributed by atoms with Crippen molar-refractivity contribution in [1.82, 2.24) is 19.9 Å². The Bertz CT molecular complexity index is 495. The number of methoxy groups -OCH3 is 1. The second-order valence-electron chi connectivity index (χ2n) is 5.11. The molecule has 0 bridgehead atoms. The molecule has 1 N–H and O–H groups in total. The fraction of sp³-hybridized carbons (Fsp3) is 0.667. The third kappa shape index (κ3) is 3.13. The highest BCUT2D eigenvalue weighted by Crippen LogP contribution is 2.22. The summed E-state index contributed by atoms with van der Waals surface area (Å²) in [6.45, 7) is 3.62. The Morgan fingerprint density at radius 1 is 1.55 bits per heavy atom. The molecule has 2 heterocycles. The Labute approximate surface area is 116 Å². The van der Waals surface area contributed by atoms with Crippen molar-refractivity contribution in [1.29, 1.82) is 0 Å². The predicted molar refractivity (Wildman–Crippen MR) is 68.3 cm³/mol. The molecule has 0 spiro atoms. The molecule has 1 fully saturated rings. The molecule has 1 atom stereocenters. The van der Waals surface area contributed by atoms with Crippen LogP contribution in [0.15, 0.2) is 6.20 Å². The number of hydrogen-bond donors (Lipinski definition) is 1. The van der Waals surface area contributed by atoms with Gasteiger partial charge in [-0.05, 0) is 5.92 Å². The molecule has 1 amide bonds. The van der Waals surface area contributed by atoms with E-state index >= 15 is 0 Å². The quantitative estimate of drug-likeness (QED) is 0.790. The first-order chi connectivity index (χ1) is 9.51. The van der Waals surface area contributed by atoms with E-state index in [0.29, 0.717) is 26.1 Å². The number of carboxylic acid groups (broad SMARTS) is 1. The third-order valence-electron chi connectivity index (χ3n) is 3.29. The fourth-order valence-electron chi connectivity index (χ4n) is 2.15. The van der Waals surface area contributed by atoms with Crippen LogP contribution in [0.25, 0.3) is 0 Å². The minimum Gasteiger partial charge on any atom is -0.476 e. The monoisotopic (exact) mass is 282 g/mol. The summed E-state index contributed by atoms with van der Waals surface area (Å²) in [4.78, 5) is 24.4. The minimum atomic E-state index is -1.10. The number of carbonyl (C=O) groups is 2. The van der Waals surface area contributed by atoms with Gasteiger partial charge in [0.05, 0.1) is 12.2 Å². The van der Waals surface area contributed by atoms with Crippen molar-refractivity contribution in [2.75, 3.05) is 26.8 Å². The van der Waals surface area contributed by atoms with Gasteiger partial charge in [-0.1, -0.05) is 12.1 Å². The summed E-state index contributed by atoms with van der Waals surface area (Å²) in [5.74, 6) is -0.821. The van der Waals surface area contributed by atoms with E-state index in [1.807, 2.05) is 6.92 Å². The molecule has 2 rings (SSSR count). The van der Waals surface area contributed by atoms with Crippen LogP contribution in [0.3, 0.4) is 0 Å². The Morgan fingerprint density at radius 2 is 2.25 bits per heavy atom. The number of ether oxygens (including phenoxy) is 1.